The molecule has 1 saturated carbocycles. The van der Waals surface area contributed by atoms with Gasteiger partial charge >= 0.3 is 0 Å². The molecule has 140 valence electrons. The van der Waals surface area contributed by atoms with Gasteiger partial charge in [-0.15, -0.1) is 12.4 Å². The fourth-order valence-electron chi connectivity index (χ4n) is 2.80. The molecule has 0 aromatic heterocycles. The Morgan fingerprint density at radius 2 is 1.88 bits per heavy atom. The largest absolute Gasteiger partial charge is 0.350 e. The number of rotatable bonds is 6. The maximum Gasteiger partial charge on any atom is 0.253 e. The molecule has 0 radical (unpaired) electrons. The summed E-state index contributed by atoms with van der Waals surface area (Å²) in [6.07, 6.45) is 2.31. The third-order valence-corrected chi connectivity index (χ3v) is 4.16. The van der Waals surface area contributed by atoms with E-state index >= 15 is 0 Å². The van der Waals surface area contributed by atoms with Crippen molar-refractivity contribution >= 4 is 24.2 Å². The minimum atomic E-state index is -0.181. The predicted molar refractivity (Wildman–Crippen MR) is 103 cm³/mol. The van der Waals surface area contributed by atoms with Crippen molar-refractivity contribution in [2.45, 2.75) is 39.7 Å². The van der Waals surface area contributed by atoms with Gasteiger partial charge in [0.05, 0.1) is 0 Å². The average molecular weight is 368 g/mol. The van der Waals surface area contributed by atoms with Gasteiger partial charge in [0.1, 0.15) is 0 Å². The predicted octanol–water partition coefficient (Wildman–Crippen LogP) is 2.69. The molecule has 6 heteroatoms. The Morgan fingerprint density at radius 1 is 1.28 bits per heavy atom. The summed E-state index contributed by atoms with van der Waals surface area (Å²) in [5.74, 6) is 0.290. The number of benzene rings is 1. The van der Waals surface area contributed by atoms with Crippen LogP contribution in [0.3, 0.4) is 0 Å². The SMILES string of the molecule is CN(CC(C)(C)C)C(=O)c1cccc(C(=O)NCC(N)C2CC2)c1.Cl. The first-order chi connectivity index (χ1) is 11.2. The third-order valence-electron chi connectivity index (χ3n) is 4.16. The van der Waals surface area contributed by atoms with Gasteiger partial charge in [-0.05, 0) is 42.4 Å². The zero-order chi connectivity index (χ0) is 17.9. The molecule has 0 saturated heterocycles. The number of hydrogen-bond donors (Lipinski definition) is 2. The minimum absolute atomic E-state index is 0. The zero-order valence-corrected chi connectivity index (χ0v) is 16.4. The molecular formula is C19H30ClN3O2. The monoisotopic (exact) mass is 367 g/mol. The first-order valence-corrected chi connectivity index (χ1v) is 8.57. The molecule has 1 aromatic rings. The van der Waals surface area contributed by atoms with Gasteiger partial charge in [0.15, 0.2) is 0 Å². The molecule has 1 aliphatic carbocycles. The molecule has 2 rings (SSSR count). The van der Waals surface area contributed by atoms with Crippen molar-refractivity contribution in [2.24, 2.45) is 17.1 Å². The molecule has 5 nitrogen and oxygen atoms in total. The van der Waals surface area contributed by atoms with Crippen LogP contribution in [0.5, 0.6) is 0 Å². The topological polar surface area (TPSA) is 75.4 Å². The van der Waals surface area contributed by atoms with Crippen LogP contribution >= 0.6 is 12.4 Å². The molecule has 1 aliphatic rings. The molecule has 0 aliphatic heterocycles. The third kappa shape index (κ3) is 6.67. The molecule has 0 spiro atoms. The maximum atomic E-state index is 12.5. The second kappa shape index (κ2) is 8.68. The first kappa shape index (κ1) is 21.5. The molecular weight excluding hydrogens is 338 g/mol. The van der Waals surface area contributed by atoms with Crippen LogP contribution < -0.4 is 11.1 Å². The van der Waals surface area contributed by atoms with E-state index in [2.05, 4.69) is 26.1 Å². The normalized spacial score (nSPS) is 15.1. The van der Waals surface area contributed by atoms with Crippen LogP contribution in [-0.4, -0.2) is 42.9 Å². The molecule has 2 amide bonds. The van der Waals surface area contributed by atoms with Gasteiger partial charge in [-0.1, -0.05) is 26.8 Å². The fraction of sp³-hybridized carbons (Fsp3) is 0.579. The lowest BCUT2D eigenvalue weighted by molar-refractivity contribution is 0.0745. The molecule has 25 heavy (non-hydrogen) atoms. The van der Waals surface area contributed by atoms with E-state index in [9.17, 15) is 9.59 Å². The van der Waals surface area contributed by atoms with Crippen molar-refractivity contribution in [3.05, 3.63) is 35.4 Å². The van der Waals surface area contributed by atoms with Gasteiger partial charge in [-0.3, -0.25) is 9.59 Å². The second-order valence-corrected chi connectivity index (χ2v) is 8.01. The number of halogens is 1. The van der Waals surface area contributed by atoms with E-state index in [1.165, 1.54) is 0 Å². The van der Waals surface area contributed by atoms with Gasteiger partial charge < -0.3 is 16.0 Å². The Balaban J connectivity index is 0.00000312. The van der Waals surface area contributed by atoms with E-state index < -0.39 is 0 Å². The smallest absolute Gasteiger partial charge is 0.253 e. The van der Waals surface area contributed by atoms with Crippen LogP contribution in [0.1, 0.15) is 54.3 Å². The summed E-state index contributed by atoms with van der Waals surface area (Å²) in [6.45, 7) is 7.39. The van der Waals surface area contributed by atoms with Crippen molar-refractivity contribution < 1.29 is 9.59 Å². The summed E-state index contributed by atoms with van der Waals surface area (Å²) in [7, 11) is 1.79. The van der Waals surface area contributed by atoms with E-state index in [1.54, 1.807) is 36.2 Å². The Hall–Kier alpha value is -1.59. The van der Waals surface area contributed by atoms with Crippen LogP contribution in [0.4, 0.5) is 0 Å². The Labute approximate surface area is 156 Å². The summed E-state index contributed by atoms with van der Waals surface area (Å²) >= 11 is 0. The lowest BCUT2D eigenvalue weighted by atomic mass is 9.96. The number of nitrogens with zero attached hydrogens (tertiary/aromatic N) is 1. The first-order valence-electron chi connectivity index (χ1n) is 8.57. The number of carbonyl (C=O) groups is 2. The van der Waals surface area contributed by atoms with Gasteiger partial charge in [0, 0.05) is 37.3 Å². The van der Waals surface area contributed by atoms with E-state index in [-0.39, 0.29) is 35.7 Å². The highest BCUT2D eigenvalue weighted by molar-refractivity contribution is 5.99. The summed E-state index contributed by atoms with van der Waals surface area (Å²) in [4.78, 5) is 26.5. The Morgan fingerprint density at radius 3 is 2.44 bits per heavy atom. The van der Waals surface area contributed by atoms with Crippen molar-refractivity contribution in [1.29, 1.82) is 0 Å². The van der Waals surface area contributed by atoms with E-state index in [1.807, 2.05) is 0 Å². The minimum Gasteiger partial charge on any atom is -0.350 e. The summed E-state index contributed by atoms with van der Waals surface area (Å²) < 4.78 is 0. The summed E-state index contributed by atoms with van der Waals surface area (Å²) in [5, 5.41) is 2.86. The molecule has 0 heterocycles. The number of nitrogens with two attached hydrogens (primary N) is 1. The van der Waals surface area contributed by atoms with Crippen LogP contribution in [-0.2, 0) is 0 Å². The highest BCUT2D eigenvalue weighted by Crippen LogP contribution is 2.31. The highest BCUT2D eigenvalue weighted by atomic mass is 35.5. The number of nitrogens with one attached hydrogen (secondary N) is 1. The van der Waals surface area contributed by atoms with Crippen molar-refractivity contribution in [3.8, 4) is 0 Å². The molecule has 0 bridgehead atoms. The van der Waals surface area contributed by atoms with Crippen LogP contribution in [0.2, 0.25) is 0 Å². The van der Waals surface area contributed by atoms with Crippen LogP contribution in [0.15, 0.2) is 24.3 Å². The van der Waals surface area contributed by atoms with Crippen LogP contribution in [0.25, 0.3) is 0 Å². The number of hydrogen-bond acceptors (Lipinski definition) is 3. The number of amides is 2. The Kier molecular flexibility index (Phi) is 7.44. The molecule has 1 unspecified atom stereocenters. The fourth-order valence-corrected chi connectivity index (χ4v) is 2.80. The zero-order valence-electron chi connectivity index (χ0n) is 15.5. The molecule has 1 aromatic carbocycles. The van der Waals surface area contributed by atoms with E-state index in [0.29, 0.717) is 30.1 Å². The quantitative estimate of drug-likeness (QED) is 0.811. The van der Waals surface area contributed by atoms with E-state index in [4.69, 9.17) is 5.73 Å². The molecule has 1 fully saturated rings. The van der Waals surface area contributed by atoms with Gasteiger partial charge in [-0.25, -0.2) is 0 Å². The van der Waals surface area contributed by atoms with Crippen molar-refractivity contribution in [1.82, 2.24) is 10.2 Å². The second-order valence-electron chi connectivity index (χ2n) is 8.01. The molecule has 3 N–H and O–H groups in total. The van der Waals surface area contributed by atoms with Gasteiger partial charge in [0.25, 0.3) is 11.8 Å². The van der Waals surface area contributed by atoms with Crippen molar-refractivity contribution in [2.75, 3.05) is 20.1 Å². The van der Waals surface area contributed by atoms with Crippen molar-refractivity contribution in [3.63, 3.8) is 0 Å². The average Bonchev–Trinajstić information content (AvgIpc) is 3.34. The van der Waals surface area contributed by atoms with Gasteiger partial charge in [0.2, 0.25) is 0 Å². The molecule has 1 atom stereocenters. The highest BCUT2D eigenvalue weighted by Gasteiger charge is 2.28. The summed E-state index contributed by atoms with van der Waals surface area (Å²) in [6, 6.07) is 6.89. The summed E-state index contributed by atoms with van der Waals surface area (Å²) in [5.41, 5.74) is 7.05. The van der Waals surface area contributed by atoms with Crippen LogP contribution in [0, 0.1) is 11.3 Å². The maximum absolute atomic E-state index is 12.5. The van der Waals surface area contributed by atoms with Gasteiger partial charge in [-0.2, -0.15) is 0 Å². The van der Waals surface area contributed by atoms with E-state index in [0.717, 1.165) is 12.8 Å². The lowest BCUT2D eigenvalue weighted by Crippen LogP contribution is -2.38. The standard InChI is InChI=1S/C19H29N3O2.ClH/c1-19(2,3)12-22(4)18(24)15-7-5-6-14(10-15)17(23)21-11-16(20)13-8-9-13;/h5-7,10,13,16H,8-9,11-12,20H2,1-4H3,(H,21,23);1H. The Bertz CT molecular complexity index is 609. The number of carbonyl (C=O) groups excluding carboxylic acids is 2. The lowest BCUT2D eigenvalue weighted by Gasteiger charge is -2.26.